The van der Waals surface area contributed by atoms with E-state index in [-0.39, 0.29) is 0 Å². The summed E-state index contributed by atoms with van der Waals surface area (Å²) in [6.45, 7) is 7.21. The first-order valence-corrected chi connectivity index (χ1v) is 9.19. The third-order valence-corrected chi connectivity index (χ3v) is 5.32. The second-order valence-electron chi connectivity index (χ2n) is 5.26. The number of halogens is 1. The normalized spacial score (nSPS) is 11.2. The molecule has 0 spiro atoms. The number of rotatable bonds is 7. The Kier molecular flexibility index (Phi) is 6.01. The molecule has 0 aromatic carbocycles. The van der Waals surface area contributed by atoms with Gasteiger partial charge in [-0.15, -0.1) is 22.7 Å². The Labute approximate surface area is 137 Å². The lowest BCUT2D eigenvalue weighted by Gasteiger charge is -2.14. The molecule has 0 aliphatic heterocycles. The maximum Gasteiger partial charge on any atom is 0.185 e. The molecule has 1 N–H and O–H groups in total. The first-order chi connectivity index (χ1) is 9.54. The van der Waals surface area contributed by atoms with E-state index < -0.39 is 0 Å². The van der Waals surface area contributed by atoms with Crippen LogP contribution in [0.5, 0.6) is 0 Å². The van der Waals surface area contributed by atoms with Crippen molar-refractivity contribution in [2.24, 2.45) is 5.92 Å². The van der Waals surface area contributed by atoms with Crippen LogP contribution in [0.2, 0.25) is 0 Å². The lowest BCUT2D eigenvalue weighted by molar-refractivity contribution is 0.549. The van der Waals surface area contributed by atoms with Gasteiger partial charge in [0, 0.05) is 25.5 Å². The topological polar surface area (TPSA) is 28.2 Å². The van der Waals surface area contributed by atoms with E-state index in [9.17, 15) is 0 Å². The van der Waals surface area contributed by atoms with Crippen LogP contribution >= 0.6 is 38.6 Å². The van der Waals surface area contributed by atoms with Gasteiger partial charge in [-0.1, -0.05) is 13.8 Å². The van der Waals surface area contributed by atoms with Gasteiger partial charge in [0.1, 0.15) is 0 Å². The molecular weight excluding hydrogens is 354 g/mol. The standard InChI is InChI=1S/C14H20BrN3S2/c1-10(2)5-16-6-12-9-20-14(17-12)18(3)7-11-4-13(15)19-8-11/h4,8-10,16H,5-7H2,1-3H3. The highest BCUT2D eigenvalue weighted by Crippen LogP contribution is 2.25. The summed E-state index contributed by atoms with van der Waals surface area (Å²) in [5, 5.41) is 8.83. The van der Waals surface area contributed by atoms with Crippen molar-refractivity contribution in [3.63, 3.8) is 0 Å². The van der Waals surface area contributed by atoms with Crippen LogP contribution in [0.25, 0.3) is 0 Å². The van der Waals surface area contributed by atoms with Crippen molar-refractivity contribution in [1.29, 1.82) is 0 Å². The number of hydrogen-bond acceptors (Lipinski definition) is 5. The van der Waals surface area contributed by atoms with Crippen LogP contribution in [0.1, 0.15) is 25.1 Å². The minimum atomic E-state index is 0.674. The Morgan fingerprint density at radius 2 is 2.15 bits per heavy atom. The molecule has 0 saturated carbocycles. The molecule has 0 aliphatic rings. The third-order valence-electron chi connectivity index (χ3n) is 2.77. The van der Waals surface area contributed by atoms with Gasteiger partial charge in [0.15, 0.2) is 5.13 Å². The van der Waals surface area contributed by atoms with Gasteiger partial charge < -0.3 is 10.2 Å². The molecule has 20 heavy (non-hydrogen) atoms. The molecular formula is C14H20BrN3S2. The number of hydrogen-bond donors (Lipinski definition) is 1. The van der Waals surface area contributed by atoms with Gasteiger partial charge in [-0.05, 0) is 45.4 Å². The molecule has 110 valence electrons. The summed E-state index contributed by atoms with van der Waals surface area (Å²) >= 11 is 6.93. The number of aromatic nitrogens is 1. The van der Waals surface area contributed by atoms with E-state index in [0.717, 1.165) is 30.5 Å². The first kappa shape index (κ1) is 15.9. The molecule has 6 heteroatoms. The van der Waals surface area contributed by atoms with E-state index in [1.165, 1.54) is 9.35 Å². The van der Waals surface area contributed by atoms with Gasteiger partial charge in [0.25, 0.3) is 0 Å². The van der Waals surface area contributed by atoms with E-state index in [1.807, 2.05) is 0 Å². The average molecular weight is 374 g/mol. The number of nitrogens with one attached hydrogen (secondary N) is 1. The third kappa shape index (κ3) is 4.84. The number of anilines is 1. The fourth-order valence-corrected chi connectivity index (χ4v) is 3.80. The fraction of sp³-hybridized carbons (Fsp3) is 0.500. The molecule has 0 radical (unpaired) electrons. The average Bonchev–Trinajstić information content (AvgIpc) is 2.98. The molecule has 0 bridgehead atoms. The fourth-order valence-electron chi connectivity index (χ4n) is 1.81. The van der Waals surface area contributed by atoms with Gasteiger partial charge in [0.05, 0.1) is 9.48 Å². The summed E-state index contributed by atoms with van der Waals surface area (Å²) in [7, 11) is 2.09. The molecule has 3 nitrogen and oxygen atoms in total. The minimum Gasteiger partial charge on any atom is -0.347 e. The molecule has 0 amide bonds. The van der Waals surface area contributed by atoms with E-state index >= 15 is 0 Å². The lowest BCUT2D eigenvalue weighted by atomic mass is 10.2. The zero-order valence-electron chi connectivity index (χ0n) is 12.0. The lowest BCUT2D eigenvalue weighted by Crippen LogP contribution is -2.19. The SMILES string of the molecule is CC(C)CNCc1csc(N(C)Cc2csc(Br)c2)n1. The smallest absolute Gasteiger partial charge is 0.185 e. The van der Waals surface area contributed by atoms with Crippen LogP contribution in [0.4, 0.5) is 5.13 Å². The second-order valence-corrected chi connectivity index (χ2v) is 8.39. The zero-order chi connectivity index (χ0) is 14.5. The van der Waals surface area contributed by atoms with Crippen molar-refractivity contribution < 1.29 is 0 Å². The van der Waals surface area contributed by atoms with E-state index in [4.69, 9.17) is 0 Å². The quantitative estimate of drug-likeness (QED) is 0.781. The molecule has 0 saturated heterocycles. The number of nitrogens with zero attached hydrogens (tertiary/aromatic N) is 2. The van der Waals surface area contributed by atoms with Gasteiger partial charge >= 0.3 is 0 Å². The summed E-state index contributed by atoms with van der Waals surface area (Å²) in [5.41, 5.74) is 2.45. The Morgan fingerprint density at radius 1 is 1.35 bits per heavy atom. The van der Waals surface area contributed by atoms with Gasteiger partial charge in [-0.2, -0.15) is 0 Å². The van der Waals surface area contributed by atoms with Crippen molar-refractivity contribution >= 4 is 43.7 Å². The summed E-state index contributed by atoms with van der Waals surface area (Å²) in [6, 6.07) is 2.17. The first-order valence-electron chi connectivity index (χ1n) is 6.63. The zero-order valence-corrected chi connectivity index (χ0v) is 15.2. The van der Waals surface area contributed by atoms with E-state index in [0.29, 0.717) is 5.92 Å². The van der Waals surface area contributed by atoms with Gasteiger partial charge in [-0.25, -0.2) is 4.98 Å². The van der Waals surface area contributed by atoms with Crippen LogP contribution in [0.3, 0.4) is 0 Å². The predicted molar refractivity (Wildman–Crippen MR) is 92.8 cm³/mol. The summed E-state index contributed by atoms with van der Waals surface area (Å²) in [5.74, 6) is 0.674. The monoisotopic (exact) mass is 373 g/mol. The van der Waals surface area contributed by atoms with Crippen molar-refractivity contribution in [1.82, 2.24) is 10.3 Å². The summed E-state index contributed by atoms with van der Waals surface area (Å²) < 4.78 is 1.18. The van der Waals surface area contributed by atoms with Crippen molar-refractivity contribution in [3.05, 3.63) is 31.9 Å². The largest absolute Gasteiger partial charge is 0.347 e. The molecule has 2 aromatic rings. The van der Waals surface area contributed by atoms with Crippen molar-refractivity contribution in [2.45, 2.75) is 26.9 Å². The Balaban J connectivity index is 1.87. The van der Waals surface area contributed by atoms with Crippen LogP contribution in [0.15, 0.2) is 20.6 Å². The Hall–Kier alpha value is -0.430. The van der Waals surface area contributed by atoms with E-state index in [1.54, 1.807) is 22.7 Å². The molecule has 0 fully saturated rings. The summed E-state index contributed by atoms with van der Waals surface area (Å²) in [6.07, 6.45) is 0. The maximum absolute atomic E-state index is 4.68. The van der Waals surface area contributed by atoms with Crippen LogP contribution in [0, 0.1) is 5.92 Å². The Bertz CT molecular complexity index is 536. The molecule has 0 aliphatic carbocycles. The molecule has 2 rings (SSSR count). The van der Waals surface area contributed by atoms with Crippen LogP contribution in [-0.4, -0.2) is 18.6 Å². The maximum atomic E-state index is 4.68. The highest BCUT2D eigenvalue weighted by molar-refractivity contribution is 9.11. The molecule has 0 unspecified atom stereocenters. The van der Waals surface area contributed by atoms with Gasteiger partial charge in [0.2, 0.25) is 0 Å². The minimum absolute atomic E-state index is 0.674. The van der Waals surface area contributed by atoms with Crippen LogP contribution in [-0.2, 0) is 13.1 Å². The molecule has 0 atom stereocenters. The van der Waals surface area contributed by atoms with Crippen molar-refractivity contribution in [2.75, 3.05) is 18.5 Å². The van der Waals surface area contributed by atoms with E-state index in [2.05, 4.69) is 68.9 Å². The number of thiophene rings is 1. The second kappa shape index (κ2) is 7.54. The highest BCUT2D eigenvalue weighted by Gasteiger charge is 2.08. The highest BCUT2D eigenvalue weighted by atomic mass is 79.9. The summed E-state index contributed by atoms with van der Waals surface area (Å²) in [4.78, 5) is 6.88. The predicted octanol–water partition coefficient (Wildman–Crippen LogP) is 4.35. The Morgan fingerprint density at radius 3 is 2.80 bits per heavy atom. The molecule has 2 heterocycles. The van der Waals surface area contributed by atoms with Crippen molar-refractivity contribution in [3.8, 4) is 0 Å². The molecule has 2 aromatic heterocycles. The van der Waals surface area contributed by atoms with Gasteiger partial charge in [-0.3, -0.25) is 0 Å². The number of thiazole rings is 1. The van der Waals surface area contributed by atoms with Crippen LogP contribution < -0.4 is 10.2 Å².